The molecule has 0 unspecified atom stereocenters. The summed E-state index contributed by atoms with van der Waals surface area (Å²) >= 11 is 14.6. The van der Waals surface area contributed by atoms with Crippen LogP contribution in [0.4, 0.5) is 0 Å². The highest BCUT2D eigenvalue weighted by molar-refractivity contribution is 8.02. The van der Waals surface area contributed by atoms with E-state index in [0.29, 0.717) is 34.9 Å². The van der Waals surface area contributed by atoms with Crippen LogP contribution in [0, 0.1) is 0 Å². The number of hydrogen-bond donors (Lipinski definition) is 1. The lowest BCUT2D eigenvalue weighted by molar-refractivity contribution is 0.238. The third kappa shape index (κ3) is 5.69. The summed E-state index contributed by atoms with van der Waals surface area (Å²) in [5, 5.41) is 5.06. The monoisotopic (exact) mass is 493 g/mol. The summed E-state index contributed by atoms with van der Waals surface area (Å²) in [6.45, 7) is 11.1. The molecule has 0 saturated heterocycles. The Bertz CT molecular complexity index is 980. The maximum Gasteiger partial charge on any atom is 0.190 e. The van der Waals surface area contributed by atoms with Gasteiger partial charge in [-0.3, -0.25) is 0 Å². The first-order chi connectivity index (χ1) is 15.3. The van der Waals surface area contributed by atoms with E-state index >= 15 is 0 Å². The first-order valence-corrected chi connectivity index (χ1v) is 12.5. The van der Waals surface area contributed by atoms with Crippen LogP contribution in [-0.2, 0) is 10.2 Å². The topological polar surface area (TPSA) is 39.7 Å². The van der Waals surface area contributed by atoms with Crippen LogP contribution >= 0.6 is 35.0 Å². The lowest BCUT2D eigenvalue weighted by atomic mass is 9.78. The molecule has 172 valence electrons. The first-order valence-electron chi connectivity index (χ1n) is 10.5. The van der Waals surface area contributed by atoms with E-state index in [1.807, 2.05) is 30.5 Å². The van der Waals surface area contributed by atoms with E-state index in [1.165, 1.54) is 0 Å². The van der Waals surface area contributed by atoms with Crippen molar-refractivity contribution < 1.29 is 14.2 Å². The van der Waals surface area contributed by atoms with Crippen LogP contribution in [-0.4, -0.2) is 19.5 Å². The zero-order valence-electron chi connectivity index (χ0n) is 18.9. The lowest BCUT2D eigenvalue weighted by Crippen LogP contribution is -2.19. The summed E-state index contributed by atoms with van der Waals surface area (Å²) < 4.78 is 17.3. The zero-order chi connectivity index (χ0) is 23.3. The molecule has 0 radical (unpaired) electrons. The number of ether oxygens (including phenoxy) is 3. The van der Waals surface area contributed by atoms with E-state index in [1.54, 1.807) is 11.8 Å². The largest absolute Gasteiger partial charge is 0.490 e. The molecule has 1 aliphatic heterocycles. The van der Waals surface area contributed by atoms with Crippen molar-refractivity contribution in [2.45, 2.75) is 39.0 Å². The Labute approximate surface area is 204 Å². The van der Waals surface area contributed by atoms with Gasteiger partial charge in [-0.2, -0.15) is 0 Å². The predicted octanol–water partition coefficient (Wildman–Crippen LogP) is 7.50. The molecule has 1 aliphatic rings. The second-order valence-corrected chi connectivity index (χ2v) is 9.65. The van der Waals surface area contributed by atoms with E-state index in [9.17, 15) is 0 Å². The van der Waals surface area contributed by atoms with Gasteiger partial charge in [0.2, 0.25) is 0 Å². The normalized spacial score (nSPS) is 13.8. The van der Waals surface area contributed by atoms with Gasteiger partial charge in [-0.15, -0.1) is 11.8 Å². The third-order valence-corrected chi connectivity index (χ3v) is 6.67. The van der Waals surface area contributed by atoms with Gasteiger partial charge in [0.05, 0.1) is 16.7 Å². The van der Waals surface area contributed by atoms with Gasteiger partial charge in [0.1, 0.15) is 17.4 Å². The van der Waals surface area contributed by atoms with Gasteiger partial charge in [-0.05, 0) is 54.6 Å². The molecule has 1 N–H and O–H groups in total. The average Bonchev–Trinajstić information content (AvgIpc) is 3.14. The van der Waals surface area contributed by atoms with Crippen LogP contribution < -0.4 is 14.8 Å². The van der Waals surface area contributed by atoms with Gasteiger partial charge >= 0.3 is 0 Å². The van der Waals surface area contributed by atoms with Crippen molar-refractivity contribution in [1.29, 1.82) is 0 Å². The second kappa shape index (κ2) is 10.8. The Morgan fingerprint density at radius 2 is 1.72 bits per heavy atom. The van der Waals surface area contributed by atoms with Gasteiger partial charge < -0.3 is 19.5 Å². The summed E-state index contributed by atoms with van der Waals surface area (Å²) in [6.07, 6.45) is 3.99. The SMILES string of the molecule is C=C1NC(SC)=C(COc2ccc(C(C)(C)c3cc(Cl)c(OCCCC)c(Cl)c3)cc2)O1. The number of thioether (sulfide) groups is 1. The predicted molar refractivity (Wildman–Crippen MR) is 135 cm³/mol. The molecule has 2 aromatic rings. The molecule has 2 aromatic carbocycles. The number of rotatable bonds is 10. The van der Waals surface area contributed by atoms with E-state index in [2.05, 4.69) is 44.8 Å². The number of nitrogens with one attached hydrogen (secondary N) is 1. The molecule has 32 heavy (non-hydrogen) atoms. The molecule has 0 spiro atoms. The highest BCUT2D eigenvalue weighted by Gasteiger charge is 2.26. The van der Waals surface area contributed by atoms with Crippen molar-refractivity contribution in [3.8, 4) is 11.5 Å². The van der Waals surface area contributed by atoms with Crippen LogP contribution in [0.1, 0.15) is 44.7 Å². The van der Waals surface area contributed by atoms with Crippen molar-refractivity contribution in [1.82, 2.24) is 5.32 Å². The van der Waals surface area contributed by atoms with Gasteiger partial charge in [-0.25, -0.2) is 0 Å². The minimum absolute atomic E-state index is 0.307. The number of halogens is 2. The smallest absolute Gasteiger partial charge is 0.190 e. The van der Waals surface area contributed by atoms with Gasteiger partial charge in [0, 0.05) is 5.41 Å². The number of benzene rings is 2. The van der Waals surface area contributed by atoms with Crippen LogP contribution in [0.25, 0.3) is 0 Å². The van der Waals surface area contributed by atoms with Gasteiger partial charge in [-0.1, -0.05) is 62.5 Å². The molecule has 0 fully saturated rings. The fourth-order valence-electron chi connectivity index (χ4n) is 3.34. The first kappa shape index (κ1) is 24.7. The highest BCUT2D eigenvalue weighted by atomic mass is 35.5. The van der Waals surface area contributed by atoms with Crippen molar-refractivity contribution in [2.24, 2.45) is 0 Å². The number of unbranched alkanes of at least 4 members (excludes halogenated alkanes) is 1. The van der Waals surface area contributed by atoms with E-state index in [0.717, 1.165) is 40.5 Å². The van der Waals surface area contributed by atoms with Crippen molar-refractivity contribution in [2.75, 3.05) is 19.5 Å². The van der Waals surface area contributed by atoms with Crippen molar-refractivity contribution in [3.63, 3.8) is 0 Å². The Hall–Kier alpha value is -1.95. The molecule has 0 aromatic heterocycles. The van der Waals surface area contributed by atoms with Gasteiger partial charge in [0.15, 0.2) is 17.4 Å². The average molecular weight is 494 g/mol. The van der Waals surface area contributed by atoms with Crippen LogP contribution in [0.5, 0.6) is 11.5 Å². The lowest BCUT2D eigenvalue weighted by Gasteiger charge is -2.27. The molecule has 7 heteroatoms. The van der Waals surface area contributed by atoms with Crippen LogP contribution in [0.3, 0.4) is 0 Å². The van der Waals surface area contributed by atoms with Gasteiger partial charge in [0.25, 0.3) is 0 Å². The maximum atomic E-state index is 6.51. The van der Waals surface area contributed by atoms with Crippen LogP contribution in [0.2, 0.25) is 10.0 Å². The Balaban J connectivity index is 1.72. The summed E-state index contributed by atoms with van der Waals surface area (Å²) in [6, 6.07) is 11.9. The summed E-state index contributed by atoms with van der Waals surface area (Å²) in [5.74, 6) is 2.56. The molecule has 0 bridgehead atoms. The van der Waals surface area contributed by atoms with E-state index < -0.39 is 0 Å². The third-order valence-electron chi connectivity index (χ3n) is 5.37. The molecule has 0 amide bonds. The second-order valence-electron chi connectivity index (χ2n) is 8.02. The molecule has 4 nitrogen and oxygen atoms in total. The standard InChI is InChI=1S/C25H29Cl2NO3S/c1-6-7-12-29-23-20(26)13-18(14-21(23)27)25(3,4)17-8-10-19(11-9-17)30-15-22-24(32-5)28-16(2)31-22/h8-11,13-14,28H,2,6-7,12,15H2,1,3-5H3. The molecule has 1 heterocycles. The van der Waals surface area contributed by atoms with Crippen molar-refractivity contribution in [3.05, 3.63) is 80.8 Å². The summed E-state index contributed by atoms with van der Waals surface area (Å²) in [4.78, 5) is 0. The van der Waals surface area contributed by atoms with E-state index in [4.69, 9.17) is 37.4 Å². The van der Waals surface area contributed by atoms with Crippen molar-refractivity contribution >= 4 is 35.0 Å². The quantitative estimate of drug-likeness (QED) is 0.346. The minimum atomic E-state index is -0.307. The minimum Gasteiger partial charge on any atom is -0.490 e. The maximum absolute atomic E-state index is 6.51. The number of hydrogen-bond acceptors (Lipinski definition) is 5. The summed E-state index contributed by atoms with van der Waals surface area (Å²) in [5.41, 5.74) is 1.83. The Morgan fingerprint density at radius 3 is 2.31 bits per heavy atom. The Kier molecular flexibility index (Phi) is 8.32. The molecule has 0 aliphatic carbocycles. The molecule has 3 rings (SSSR count). The molecular formula is C25H29Cl2NO3S. The fourth-order valence-corrected chi connectivity index (χ4v) is 4.48. The van der Waals surface area contributed by atoms with E-state index in [-0.39, 0.29) is 5.41 Å². The van der Waals surface area contributed by atoms with Crippen LogP contribution in [0.15, 0.2) is 59.6 Å². The highest BCUT2D eigenvalue weighted by Crippen LogP contribution is 2.40. The fraction of sp³-hybridized carbons (Fsp3) is 0.360. The Morgan fingerprint density at radius 1 is 1.06 bits per heavy atom. The zero-order valence-corrected chi connectivity index (χ0v) is 21.2. The molecule has 0 saturated carbocycles. The summed E-state index contributed by atoms with van der Waals surface area (Å²) in [7, 11) is 0. The molecular weight excluding hydrogens is 465 g/mol. The molecule has 0 atom stereocenters.